The number of rotatable bonds is 7. The molecule has 2 N–H and O–H groups in total. The summed E-state index contributed by atoms with van der Waals surface area (Å²) >= 11 is 0. The van der Waals surface area contributed by atoms with E-state index in [4.69, 9.17) is 5.11 Å². The van der Waals surface area contributed by atoms with Crippen molar-refractivity contribution in [3.05, 3.63) is 0 Å². The number of carbonyl (C=O) groups excluding carboxylic acids is 1. The molecule has 5 heteroatoms. The maximum atomic E-state index is 11.7. The average Bonchev–Trinajstić information content (AvgIpc) is 2.37. The molecule has 0 aliphatic carbocycles. The van der Waals surface area contributed by atoms with Crippen LogP contribution in [0.2, 0.25) is 0 Å². The van der Waals surface area contributed by atoms with E-state index in [-0.39, 0.29) is 18.4 Å². The third kappa shape index (κ3) is 6.57. The quantitative estimate of drug-likeness (QED) is 0.735. The van der Waals surface area contributed by atoms with Gasteiger partial charge in [0.2, 0.25) is 5.91 Å². The molecule has 0 aromatic heterocycles. The Bertz CT molecular complexity index is 299. The van der Waals surface area contributed by atoms with E-state index in [0.29, 0.717) is 12.5 Å². The van der Waals surface area contributed by atoms with Crippen molar-refractivity contribution < 1.29 is 14.7 Å². The first-order valence-corrected chi connectivity index (χ1v) is 7.24. The summed E-state index contributed by atoms with van der Waals surface area (Å²) in [5.41, 5.74) is 0. The van der Waals surface area contributed by atoms with E-state index in [1.165, 1.54) is 0 Å². The van der Waals surface area contributed by atoms with Gasteiger partial charge in [-0.25, -0.2) is 0 Å². The SMILES string of the molecule is CCC(C)NC(=O)CN1CCC(CCC(=O)O)CC1. The summed E-state index contributed by atoms with van der Waals surface area (Å²) in [6.45, 7) is 6.33. The minimum Gasteiger partial charge on any atom is -0.481 e. The van der Waals surface area contributed by atoms with Crippen molar-refractivity contribution in [2.24, 2.45) is 5.92 Å². The Morgan fingerprint density at radius 1 is 1.37 bits per heavy atom. The number of hydrogen-bond acceptors (Lipinski definition) is 3. The average molecular weight is 270 g/mol. The summed E-state index contributed by atoms with van der Waals surface area (Å²) in [5.74, 6) is -0.112. The highest BCUT2D eigenvalue weighted by atomic mass is 16.4. The van der Waals surface area contributed by atoms with Gasteiger partial charge in [0.15, 0.2) is 0 Å². The number of likely N-dealkylation sites (tertiary alicyclic amines) is 1. The van der Waals surface area contributed by atoms with Crippen LogP contribution in [0.25, 0.3) is 0 Å². The van der Waals surface area contributed by atoms with Gasteiger partial charge in [-0.05, 0) is 51.6 Å². The van der Waals surface area contributed by atoms with E-state index in [2.05, 4.69) is 17.1 Å². The highest BCUT2D eigenvalue weighted by molar-refractivity contribution is 5.78. The highest BCUT2D eigenvalue weighted by Gasteiger charge is 2.21. The fraction of sp³-hybridized carbons (Fsp3) is 0.857. The molecule has 0 aromatic carbocycles. The molecule has 19 heavy (non-hydrogen) atoms. The Kier molecular flexibility index (Phi) is 6.84. The van der Waals surface area contributed by atoms with E-state index in [0.717, 1.165) is 38.8 Å². The van der Waals surface area contributed by atoms with Gasteiger partial charge in [-0.2, -0.15) is 0 Å². The van der Waals surface area contributed by atoms with Gasteiger partial charge in [0.25, 0.3) is 0 Å². The third-order valence-electron chi connectivity index (χ3n) is 3.86. The van der Waals surface area contributed by atoms with Gasteiger partial charge in [0, 0.05) is 12.5 Å². The van der Waals surface area contributed by atoms with E-state index < -0.39 is 5.97 Å². The van der Waals surface area contributed by atoms with Crippen LogP contribution in [0.1, 0.15) is 46.0 Å². The Morgan fingerprint density at radius 3 is 2.53 bits per heavy atom. The lowest BCUT2D eigenvalue weighted by atomic mass is 9.92. The summed E-state index contributed by atoms with van der Waals surface area (Å²) < 4.78 is 0. The largest absolute Gasteiger partial charge is 0.481 e. The zero-order chi connectivity index (χ0) is 14.3. The van der Waals surface area contributed by atoms with E-state index in [1.807, 2.05) is 6.92 Å². The van der Waals surface area contributed by atoms with E-state index in [1.54, 1.807) is 0 Å². The van der Waals surface area contributed by atoms with Crippen LogP contribution in [0.15, 0.2) is 0 Å². The highest BCUT2D eigenvalue weighted by Crippen LogP contribution is 2.21. The number of carbonyl (C=O) groups is 2. The molecule has 1 heterocycles. The number of carboxylic acid groups (broad SMARTS) is 1. The summed E-state index contributed by atoms with van der Waals surface area (Å²) in [7, 11) is 0. The van der Waals surface area contributed by atoms with Crippen LogP contribution in [-0.2, 0) is 9.59 Å². The molecule has 1 fully saturated rings. The van der Waals surface area contributed by atoms with Gasteiger partial charge in [-0.3, -0.25) is 14.5 Å². The second kappa shape index (κ2) is 8.15. The Morgan fingerprint density at radius 2 is 2.00 bits per heavy atom. The number of nitrogens with one attached hydrogen (secondary N) is 1. The minimum atomic E-state index is -0.713. The van der Waals surface area contributed by atoms with Crippen LogP contribution in [0.5, 0.6) is 0 Å². The molecule has 1 aliphatic heterocycles. The number of hydrogen-bond donors (Lipinski definition) is 2. The number of piperidine rings is 1. The summed E-state index contributed by atoms with van der Waals surface area (Å²) in [4.78, 5) is 24.4. The lowest BCUT2D eigenvalue weighted by Crippen LogP contribution is -2.43. The first-order chi connectivity index (χ1) is 9.01. The molecule has 0 spiro atoms. The maximum Gasteiger partial charge on any atom is 0.303 e. The van der Waals surface area contributed by atoms with E-state index in [9.17, 15) is 9.59 Å². The molecule has 1 amide bonds. The lowest BCUT2D eigenvalue weighted by Gasteiger charge is -2.31. The van der Waals surface area contributed by atoms with Gasteiger partial charge >= 0.3 is 5.97 Å². The smallest absolute Gasteiger partial charge is 0.303 e. The second-order valence-corrected chi connectivity index (χ2v) is 5.53. The van der Waals surface area contributed by atoms with Crippen LogP contribution in [0, 0.1) is 5.92 Å². The van der Waals surface area contributed by atoms with Crippen molar-refractivity contribution in [3.63, 3.8) is 0 Å². The number of nitrogens with zero attached hydrogens (tertiary/aromatic N) is 1. The normalized spacial score (nSPS) is 19.1. The van der Waals surface area contributed by atoms with Crippen LogP contribution >= 0.6 is 0 Å². The van der Waals surface area contributed by atoms with Crippen molar-refractivity contribution in [3.8, 4) is 0 Å². The van der Waals surface area contributed by atoms with Gasteiger partial charge in [-0.1, -0.05) is 6.92 Å². The predicted molar refractivity (Wildman–Crippen MR) is 73.9 cm³/mol. The van der Waals surface area contributed by atoms with Crippen LogP contribution < -0.4 is 5.32 Å². The molecule has 0 saturated carbocycles. The molecule has 1 rings (SSSR count). The van der Waals surface area contributed by atoms with Gasteiger partial charge in [-0.15, -0.1) is 0 Å². The van der Waals surface area contributed by atoms with E-state index >= 15 is 0 Å². The number of carboxylic acids is 1. The van der Waals surface area contributed by atoms with Gasteiger partial charge in [0.1, 0.15) is 0 Å². The number of amides is 1. The predicted octanol–water partition coefficient (Wildman–Crippen LogP) is 1.48. The van der Waals surface area contributed by atoms with Crippen molar-refractivity contribution in [2.75, 3.05) is 19.6 Å². The first kappa shape index (κ1) is 16.0. The zero-order valence-corrected chi connectivity index (χ0v) is 12.0. The van der Waals surface area contributed by atoms with Crippen molar-refractivity contribution in [1.82, 2.24) is 10.2 Å². The zero-order valence-electron chi connectivity index (χ0n) is 12.0. The van der Waals surface area contributed by atoms with Crippen LogP contribution in [0.4, 0.5) is 0 Å². The molecular weight excluding hydrogens is 244 g/mol. The Labute approximate surface area is 115 Å². The second-order valence-electron chi connectivity index (χ2n) is 5.53. The van der Waals surface area contributed by atoms with Gasteiger partial charge in [0.05, 0.1) is 6.54 Å². The molecule has 0 radical (unpaired) electrons. The van der Waals surface area contributed by atoms with Crippen LogP contribution in [-0.4, -0.2) is 47.6 Å². The molecule has 1 atom stereocenters. The molecule has 1 aliphatic rings. The molecule has 0 aromatic rings. The standard InChI is InChI=1S/C14H26N2O3/c1-3-11(2)15-13(17)10-16-8-6-12(7-9-16)4-5-14(18)19/h11-12H,3-10H2,1-2H3,(H,15,17)(H,18,19). The van der Waals surface area contributed by atoms with Crippen molar-refractivity contribution in [1.29, 1.82) is 0 Å². The van der Waals surface area contributed by atoms with Crippen molar-refractivity contribution >= 4 is 11.9 Å². The first-order valence-electron chi connectivity index (χ1n) is 7.24. The minimum absolute atomic E-state index is 0.0957. The fourth-order valence-corrected chi connectivity index (χ4v) is 2.39. The molecular formula is C14H26N2O3. The third-order valence-corrected chi connectivity index (χ3v) is 3.86. The summed E-state index contributed by atoms with van der Waals surface area (Å²) in [5, 5.41) is 11.6. The molecule has 0 bridgehead atoms. The van der Waals surface area contributed by atoms with Crippen molar-refractivity contribution in [2.45, 2.75) is 52.0 Å². The monoisotopic (exact) mass is 270 g/mol. The maximum absolute atomic E-state index is 11.7. The number of aliphatic carboxylic acids is 1. The van der Waals surface area contributed by atoms with Crippen LogP contribution in [0.3, 0.4) is 0 Å². The Hall–Kier alpha value is -1.10. The van der Waals surface area contributed by atoms with Gasteiger partial charge < -0.3 is 10.4 Å². The molecule has 110 valence electrons. The molecule has 5 nitrogen and oxygen atoms in total. The topological polar surface area (TPSA) is 69.6 Å². The lowest BCUT2D eigenvalue weighted by molar-refractivity contribution is -0.137. The summed E-state index contributed by atoms with van der Waals surface area (Å²) in [6.07, 6.45) is 3.98. The summed E-state index contributed by atoms with van der Waals surface area (Å²) in [6, 6.07) is 0.237. The fourth-order valence-electron chi connectivity index (χ4n) is 2.39. The Balaban J connectivity index is 2.19. The molecule has 1 saturated heterocycles. The molecule has 1 unspecified atom stereocenters.